The number of para-hydroxylation sites is 1. The zero-order valence-corrected chi connectivity index (χ0v) is 20.5. The minimum atomic E-state index is -5.01. The number of aliphatic hydroxyl groups is 1. The van der Waals surface area contributed by atoms with Crippen LogP contribution in [0.1, 0.15) is 35.9 Å². The highest BCUT2D eigenvalue weighted by Crippen LogP contribution is 2.33. The second-order valence-corrected chi connectivity index (χ2v) is 10.1. The van der Waals surface area contributed by atoms with E-state index in [2.05, 4.69) is 0 Å². The molecule has 1 amide bonds. The molecule has 0 spiro atoms. The van der Waals surface area contributed by atoms with Crippen LogP contribution in [0.4, 0.5) is 13.2 Å². The van der Waals surface area contributed by atoms with Crippen molar-refractivity contribution in [3.63, 3.8) is 0 Å². The van der Waals surface area contributed by atoms with Gasteiger partial charge in [-0.1, -0.05) is 42.5 Å². The summed E-state index contributed by atoms with van der Waals surface area (Å²) < 4.78 is 71.2. The van der Waals surface area contributed by atoms with Gasteiger partial charge in [0, 0.05) is 5.39 Å². The van der Waals surface area contributed by atoms with Crippen molar-refractivity contribution in [3.05, 3.63) is 95.7 Å². The van der Waals surface area contributed by atoms with E-state index in [0.717, 1.165) is 3.97 Å². The zero-order valence-electron chi connectivity index (χ0n) is 19.7. The minimum absolute atomic E-state index is 0.00678. The van der Waals surface area contributed by atoms with Crippen molar-refractivity contribution < 1.29 is 36.2 Å². The molecule has 0 radical (unpaired) electrons. The summed E-state index contributed by atoms with van der Waals surface area (Å²) in [6.45, 7) is 1.40. The number of fused-ring (bicyclic) bond motifs is 1. The van der Waals surface area contributed by atoms with Crippen molar-refractivity contribution in [3.8, 4) is 5.75 Å². The summed E-state index contributed by atoms with van der Waals surface area (Å²) >= 11 is 0. The summed E-state index contributed by atoms with van der Waals surface area (Å²) in [6, 6.07) is 19.1. The number of amides is 1. The molecule has 0 saturated carbocycles. The molecule has 7 nitrogen and oxygen atoms in total. The molecule has 1 heterocycles. The molecule has 11 heteroatoms. The molecule has 0 aliphatic heterocycles. The van der Waals surface area contributed by atoms with Crippen LogP contribution in [0.2, 0.25) is 0 Å². The Balaban J connectivity index is 1.72. The average Bonchev–Trinajstić information content (AvgIpc) is 3.28. The van der Waals surface area contributed by atoms with Crippen LogP contribution < -0.4 is 10.1 Å². The molecule has 2 atom stereocenters. The molecule has 0 saturated heterocycles. The predicted molar refractivity (Wildman–Crippen MR) is 131 cm³/mol. The Morgan fingerprint density at radius 3 is 2.16 bits per heavy atom. The van der Waals surface area contributed by atoms with Crippen LogP contribution in [0.15, 0.2) is 83.8 Å². The number of carbonyl (C=O) groups excluding carboxylic acids is 1. The smallest absolute Gasteiger partial charge is 0.471 e. The molecule has 4 rings (SSSR count). The van der Waals surface area contributed by atoms with Crippen molar-refractivity contribution in [1.29, 1.82) is 0 Å². The highest BCUT2D eigenvalue weighted by atomic mass is 32.2. The Bertz CT molecular complexity index is 1530. The van der Waals surface area contributed by atoms with Gasteiger partial charge >= 0.3 is 12.1 Å². The summed E-state index contributed by atoms with van der Waals surface area (Å²) in [7, 11) is -2.67. The molecule has 3 aromatic carbocycles. The van der Waals surface area contributed by atoms with Crippen LogP contribution in [0.25, 0.3) is 10.9 Å². The lowest BCUT2D eigenvalue weighted by molar-refractivity contribution is -0.174. The van der Waals surface area contributed by atoms with Crippen molar-refractivity contribution in [2.75, 3.05) is 7.11 Å². The Kier molecular flexibility index (Phi) is 7.03. The summed E-state index contributed by atoms with van der Waals surface area (Å²) in [6.07, 6.45) is -6.39. The first-order chi connectivity index (χ1) is 17.4. The molecule has 4 aromatic rings. The van der Waals surface area contributed by atoms with E-state index in [1.807, 2.05) is 5.32 Å². The zero-order chi connectivity index (χ0) is 27.0. The highest BCUT2D eigenvalue weighted by molar-refractivity contribution is 7.90. The number of methoxy groups -OCH3 is 1. The molecule has 1 aromatic heterocycles. The largest absolute Gasteiger partial charge is 0.497 e. The number of rotatable bonds is 7. The van der Waals surface area contributed by atoms with Gasteiger partial charge in [0.2, 0.25) is 0 Å². The molecular weight excluding hydrogens is 509 g/mol. The van der Waals surface area contributed by atoms with Crippen molar-refractivity contribution >= 4 is 26.8 Å². The van der Waals surface area contributed by atoms with Gasteiger partial charge in [0.15, 0.2) is 0 Å². The van der Waals surface area contributed by atoms with E-state index in [4.69, 9.17) is 4.74 Å². The number of aliphatic hydroxyl groups excluding tert-OH is 1. The number of nitrogens with zero attached hydrogens (tertiary/aromatic N) is 1. The predicted octanol–water partition coefficient (Wildman–Crippen LogP) is 4.71. The SMILES string of the molecule is COc1ccc(S(=O)(=O)n2c(C(O)c3ccc(C(C)NC(=O)C(F)(F)F)cc3)cc3ccccc32)cc1. The lowest BCUT2D eigenvalue weighted by Crippen LogP contribution is -2.38. The first kappa shape index (κ1) is 26.2. The van der Waals surface area contributed by atoms with Gasteiger partial charge in [-0.05, 0) is 54.4 Å². The molecule has 0 aliphatic rings. The van der Waals surface area contributed by atoms with E-state index in [9.17, 15) is 31.5 Å². The Morgan fingerprint density at radius 1 is 0.973 bits per heavy atom. The summed E-state index contributed by atoms with van der Waals surface area (Å²) in [5.74, 6) is -1.57. The molecule has 194 valence electrons. The first-order valence-electron chi connectivity index (χ1n) is 11.1. The van der Waals surface area contributed by atoms with Crippen LogP contribution in [0.5, 0.6) is 5.75 Å². The topological polar surface area (TPSA) is 97.6 Å². The van der Waals surface area contributed by atoms with Crippen LogP contribution >= 0.6 is 0 Å². The third-order valence-corrected chi connectivity index (χ3v) is 7.68. The van der Waals surface area contributed by atoms with E-state index >= 15 is 0 Å². The Hall–Kier alpha value is -3.83. The van der Waals surface area contributed by atoms with Crippen LogP contribution in [-0.4, -0.2) is 36.7 Å². The second-order valence-electron chi connectivity index (χ2n) is 8.34. The average molecular weight is 533 g/mol. The van der Waals surface area contributed by atoms with Crippen LogP contribution in [0.3, 0.4) is 0 Å². The lowest BCUT2D eigenvalue weighted by Gasteiger charge is -2.18. The normalized spacial score (nSPS) is 13.8. The van der Waals surface area contributed by atoms with Gasteiger partial charge in [-0.25, -0.2) is 12.4 Å². The van der Waals surface area contributed by atoms with Crippen LogP contribution in [0, 0.1) is 0 Å². The van der Waals surface area contributed by atoms with Gasteiger partial charge in [0.25, 0.3) is 10.0 Å². The number of halogens is 3. The standard InChI is InChI=1S/C26H23F3N2O5S/c1-16(30-25(33)26(27,28)29)17-7-9-18(10-8-17)24(32)23-15-19-5-3-4-6-22(19)31(23)37(34,35)21-13-11-20(36-2)12-14-21/h3-16,24,32H,1-2H3,(H,30,33). The number of ether oxygens (including phenoxy) is 1. The molecular formula is C26H23F3N2O5S. The van der Waals surface area contributed by atoms with E-state index in [0.29, 0.717) is 27.8 Å². The maximum Gasteiger partial charge on any atom is 0.471 e. The molecule has 0 bridgehead atoms. The second kappa shape index (κ2) is 9.91. The van der Waals surface area contributed by atoms with Gasteiger partial charge in [-0.15, -0.1) is 0 Å². The summed E-state index contributed by atoms with van der Waals surface area (Å²) in [5, 5.41) is 13.7. The van der Waals surface area contributed by atoms with Crippen molar-refractivity contribution in [2.45, 2.75) is 30.1 Å². The fraction of sp³-hybridized carbons (Fsp3) is 0.192. The molecule has 2 unspecified atom stereocenters. The number of hydrogen-bond acceptors (Lipinski definition) is 5. The third-order valence-electron chi connectivity index (χ3n) is 5.93. The first-order valence-corrected chi connectivity index (χ1v) is 12.5. The number of nitrogens with one attached hydrogen (secondary N) is 1. The van der Waals surface area contributed by atoms with Crippen molar-refractivity contribution in [1.82, 2.24) is 9.29 Å². The van der Waals surface area contributed by atoms with Crippen LogP contribution in [-0.2, 0) is 14.8 Å². The quantitative estimate of drug-likeness (QED) is 0.359. The summed E-state index contributed by atoms with van der Waals surface area (Å²) in [5.41, 5.74) is 1.14. The van der Waals surface area contributed by atoms with Gasteiger partial charge in [0.05, 0.1) is 29.3 Å². The number of alkyl halides is 3. The number of hydrogen-bond donors (Lipinski definition) is 2. The van der Waals surface area contributed by atoms with Gasteiger partial charge in [0.1, 0.15) is 11.9 Å². The van der Waals surface area contributed by atoms with E-state index in [1.54, 1.807) is 30.3 Å². The Labute approximate surface area is 211 Å². The highest BCUT2D eigenvalue weighted by Gasteiger charge is 2.39. The van der Waals surface area contributed by atoms with E-state index < -0.39 is 34.3 Å². The van der Waals surface area contributed by atoms with Crippen molar-refractivity contribution in [2.24, 2.45) is 0 Å². The number of carbonyl (C=O) groups is 1. The minimum Gasteiger partial charge on any atom is -0.497 e. The number of aromatic nitrogens is 1. The fourth-order valence-electron chi connectivity index (χ4n) is 3.96. The lowest BCUT2D eigenvalue weighted by atomic mass is 10.0. The van der Waals surface area contributed by atoms with Gasteiger partial charge in [-0.3, -0.25) is 4.79 Å². The van der Waals surface area contributed by atoms with E-state index in [1.165, 1.54) is 62.6 Å². The van der Waals surface area contributed by atoms with E-state index in [-0.39, 0.29) is 10.6 Å². The number of benzene rings is 3. The maximum atomic E-state index is 13.7. The fourth-order valence-corrected chi connectivity index (χ4v) is 5.51. The molecule has 2 N–H and O–H groups in total. The Morgan fingerprint density at radius 2 is 1.57 bits per heavy atom. The van der Waals surface area contributed by atoms with Gasteiger partial charge in [-0.2, -0.15) is 13.2 Å². The monoisotopic (exact) mass is 532 g/mol. The third kappa shape index (κ3) is 5.18. The molecule has 0 aliphatic carbocycles. The maximum absolute atomic E-state index is 13.7. The molecule has 37 heavy (non-hydrogen) atoms. The van der Waals surface area contributed by atoms with Gasteiger partial charge < -0.3 is 15.2 Å². The summed E-state index contributed by atoms with van der Waals surface area (Å²) in [4.78, 5) is 11.2. The molecule has 0 fully saturated rings.